The van der Waals surface area contributed by atoms with E-state index in [1.807, 2.05) is 0 Å². The minimum absolute atomic E-state index is 0.128. The van der Waals surface area contributed by atoms with Crippen LogP contribution in [0.25, 0.3) is 0 Å². The Balaban J connectivity index is 1.65. The van der Waals surface area contributed by atoms with Crippen LogP contribution in [0.2, 0.25) is 0 Å². The number of aliphatic hydroxyl groups excluding tert-OH is 5. The van der Waals surface area contributed by atoms with Crippen LogP contribution in [0, 0.1) is 11.8 Å². The summed E-state index contributed by atoms with van der Waals surface area (Å²) in [4.78, 5) is 41.1. The number of benzene rings is 1. The van der Waals surface area contributed by atoms with Crippen molar-refractivity contribution in [2.24, 2.45) is 11.8 Å². The number of hydrogen-bond acceptors (Lipinski definition) is 8. The van der Waals surface area contributed by atoms with Crippen LogP contribution >= 0.6 is 0 Å². The van der Waals surface area contributed by atoms with Gasteiger partial charge in [-0.25, -0.2) is 0 Å². The summed E-state index contributed by atoms with van der Waals surface area (Å²) in [5.74, 6) is -1.73. The first kappa shape index (κ1) is 25.3. The largest absolute Gasteiger partial charge is 0.394 e. The average Bonchev–Trinajstić information content (AvgIpc) is 3.07. The van der Waals surface area contributed by atoms with Gasteiger partial charge in [0.1, 0.15) is 24.4 Å². The molecule has 1 fully saturated rings. The Bertz CT molecular complexity index is 843. The third kappa shape index (κ3) is 5.25. The van der Waals surface area contributed by atoms with Gasteiger partial charge in [0.25, 0.3) is 11.8 Å². The van der Waals surface area contributed by atoms with Crippen molar-refractivity contribution in [3.8, 4) is 0 Å². The predicted octanol–water partition coefficient (Wildman–Crippen LogP) is -1.02. The first-order valence-electron chi connectivity index (χ1n) is 11.2. The van der Waals surface area contributed by atoms with Gasteiger partial charge in [-0.2, -0.15) is 0 Å². The Morgan fingerprint density at radius 3 is 2.12 bits per heavy atom. The molecule has 6 atom stereocenters. The summed E-state index contributed by atoms with van der Waals surface area (Å²) >= 11 is 0. The lowest BCUT2D eigenvalue weighted by Gasteiger charge is -2.36. The summed E-state index contributed by atoms with van der Waals surface area (Å²) in [6, 6.07) is 6.63. The van der Waals surface area contributed by atoms with Gasteiger partial charge in [0.05, 0.1) is 17.7 Å². The molecule has 10 nitrogen and oxygen atoms in total. The molecule has 3 rings (SSSR count). The number of amides is 3. The van der Waals surface area contributed by atoms with Gasteiger partial charge in [0, 0.05) is 26.1 Å². The Kier molecular flexibility index (Phi) is 8.19. The lowest BCUT2D eigenvalue weighted by molar-refractivity contribution is -0.144. The van der Waals surface area contributed by atoms with Gasteiger partial charge < -0.3 is 30.4 Å². The van der Waals surface area contributed by atoms with E-state index in [9.17, 15) is 34.8 Å². The van der Waals surface area contributed by atoms with Gasteiger partial charge in [0.2, 0.25) is 5.91 Å². The van der Waals surface area contributed by atoms with Crippen molar-refractivity contribution in [3.63, 3.8) is 0 Å². The highest BCUT2D eigenvalue weighted by Crippen LogP contribution is 2.34. The van der Waals surface area contributed by atoms with E-state index in [0.29, 0.717) is 24.0 Å². The number of rotatable bonds is 9. The fraction of sp³-hybridized carbons (Fsp3) is 0.609. The SMILES string of the molecule is CN(CC(O)C(O)C(O)C(O)CO)C(=O)C1CCCCC1CN1C(=O)c2ccccc2C1=O. The molecule has 0 radical (unpaired) electrons. The second kappa shape index (κ2) is 10.7. The molecule has 2 aliphatic rings. The zero-order chi connectivity index (χ0) is 24.3. The van der Waals surface area contributed by atoms with Crippen molar-refractivity contribution in [1.29, 1.82) is 0 Å². The van der Waals surface area contributed by atoms with E-state index in [2.05, 4.69) is 0 Å². The molecule has 1 aliphatic heterocycles. The third-order valence-electron chi connectivity index (χ3n) is 6.68. The molecule has 6 unspecified atom stereocenters. The van der Waals surface area contributed by atoms with Crippen LogP contribution in [0.3, 0.4) is 0 Å². The lowest BCUT2D eigenvalue weighted by Crippen LogP contribution is -2.51. The number of carbonyl (C=O) groups is 3. The Morgan fingerprint density at radius 1 is 1.00 bits per heavy atom. The van der Waals surface area contributed by atoms with Crippen LogP contribution in [0.4, 0.5) is 0 Å². The van der Waals surface area contributed by atoms with Gasteiger partial charge in [0.15, 0.2) is 0 Å². The fourth-order valence-corrected chi connectivity index (χ4v) is 4.72. The minimum Gasteiger partial charge on any atom is -0.394 e. The lowest BCUT2D eigenvalue weighted by atomic mass is 9.78. The van der Waals surface area contributed by atoms with E-state index in [1.165, 1.54) is 16.8 Å². The summed E-state index contributed by atoms with van der Waals surface area (Å²) in [6.07, 6.45) is -3.78. The minimum atomic E-state index is -1.77. The summed E-state index contributed by atoms with van der Waals surface area (Å²) in [5, 5.41) is 48.4. The molecular formula is C23H32N2O8. The van der Waals surface area contributed by atoms with E-state index >= 15 is 0 Å². The van der Waals surface area contributed by atoms with E-state index in [-0.39, 0.29) is 36.7 Å². The van der Waals surface area contributed by atoms with Crippen LogP contribution in [0.5, 0.6) is 0 Å². The van der Waals surface area contributed by atoms with Crippen LogP contribution in [0.1, 0.15) is 46.4 Å². The highest BCUT2D eigenvalue weighted by Gasteiger charge is 2.41. The van der Waals surface area contributed by atoms with Crippen LogP contribution in [-0.2, 0) is 4.79 Å². The highest BCUT2D eigenvalue weighted by atomic mass is 16.4. The van der Waals surface area contributed by atoms with Crippen LogP contribution < -0.4 is 0 Å². The van der Waals surface area contributed by atoms with E-state index in [0.717, 1.165) is 12.8 Å². The molecular weight excluding hydrogens is 432 g/mol. The molecule has 5 N–H and O–H groups in total. The number of nitrogens with zero attached hydrogens (tertiary/aromatic N) is 2. The molecule has 1 heterocycles. The molecule has 3 amide bonds. The summed E-state index contributed by atoms with van der Waals surface area (Å²) < 4.78 is 0. The normalized spacial score (nSPS) is 24.2. The molecule has 1 saturated carbocycles. The zero-order valence-electron chi connectivity index (χ0n) is 18.6. The number of carbonyl (C=O) groups excluding carboxylic acids is 3. The number of aliphatic hydroxyl groups is 5. The topological polar surface area (TPSA) is 159 Å². The molecule has 1 aromatic carbocycles. The smallest absolute Gasteiger partial charge is 0.261 e. The van der Waals surface area contributed by atoms with Crippen molar-refractivity contribution in [2.45, 2.75) is 50.1 Å². The molecule has 1 aliphatic carbocycles. The molecule has 33 heavy (non-hydrogen) atoms. The number of fused-ring (bicyclic) bond motifs is 1. The van der Waals surface area contributed by atoms with Gasteiger partial charge in [-0.05, 0) is 30.9 Å². The molecule has 1 aromatic rings. The Hall–Kier alpha value is -2.37. The Morgan fingerprint density at radius 2 is 1.55 bits per heavy atom. The van der Waals surface area contributed by atoms with Gasteiger partial charge in [-0.3, -0.25) is 19.3 Å². The first-order valence-corrected chi connectivity index (χ1v) is 11.2. The molecule has 0 aromatic heterocycles. The zero-order valence-corrected chi connectivity index (χ0v) is 18.6. The van der Waals surface area contributed by atoms with Gasteiger partial charge >= 0.3 is 0 Å². The number of imide groups is 1. The maximum atomic E-state index is 13.2. The van der Waals surface area contributed by atoms with Gasteiger partial charge in [-0.15, -0.1) is 0 Å². The van der Waals surface area contributed by atoms with Crippen molar-refractivity contribution in [3.05, 3.63) is 35.4 Å². The van der Waals surface area contributed by atoms with Crippen LogP contribution in [-0.4, -0.2) is 104 Å². The average molecular weight is 465 g/mol. The second-order valence-corrected chi connectivity index (χ2v) is 8.93. The highest BCUT2D eigenvalue weighted by molar-refractivity contribution is 6.21. The molecule has 0 bridgehead atoms. The van der Waals surface area contributed by atoms with Gasteiger partial charge in [-0.1, -0.05) is 25.0 Å². The maximum absolute atomic E-state index is 13.2. The number of hydrogen-bond donors (Lipinski definition) is 5. The molecule has 182 valence electrons. The monoisotopic (exact) mass is 464 g/mol. The Labute approximate surface area is 192 Å². The summed E-state index contributed by atoms with van der Waals surface area (Å²) in [7, 11) is 1.46. The maximum Gasteiger partial charge on any atom is 0.261 e. The molecule has 10 heteroatoms. The predicted molar refractivity (Wildman–Crippen MR) is 116 cm³/mol. The van der Waals surface area contributed by atoms with Crippen molar-refractivity contribution < 1.29 is 39.9 Å². The van der Waals surface area contributed by atoms with Crippen molar-refractivity contribution in [1.82, 2.24) is 9.80 Å². The first-order chi connectivity index (χ1) is 15.7. The standard InChI is InChI=1S/C23H32N2O8/c1-24(11-17(27)19(29)20(30)18(28)12-26)21(31)14-7-3-2-6-13(14)10-25-22(32)15-8-4-5-9-16(15)23(25)33/h4-5,8-9,13-14,17-20,26-30H,2-3,6-7,10-12H2,1H3. The van der Waals surface area contributed by atoms with Crippen molar-refractivity contribution >= 4 is 17.7 Å². The quantitative estimate of drug-likeness (QED) is 0.291. The summed E-state index contributed by atoms with van der Waals surface area (Å²) in [5.41, 5.74) is 0.720. The second-order valence-electron chi connectivity index (χ2n) is 8.93. The van der Waals surface area contributed by atoms with Crippen LogP contribution in [0.15, 0.2) is 24.3 Å². The fourth-order valence-electron chi connectivity index (χ4n) is 4.72. The summed E-state index contributed by atoms with van der Waals surface area (Å²) in [6.45, 7) is -0.962. The molecule has 0 saturated heterocycles. The van der Waals surface area contributed by atoms with Crippen molar-refractivity contribution in [2.75, 3.05) is 26.7 Å². The third-order valence-corrected chi connectivity index (χ3v) is 6.68. The van der Waals surface area contributed by atoms with E-state index in [1.54, 1.807) is 24.3 Å². The van der Waals surface area contributed by atoms with E-state index < -0.39 is 36.9 Å². The molecule has 0 spiro atoms. The number of likely N-dealkylation sites (N-methyl/N-ethyl adjacent to an activating group) is 1. The van der Waals surface area contributed by atoms with E-state index in [4.69, 9.17) is 5.11 Å².